The molecule has 0 radical (unpaired) electrons. The first-order valence-corrected chi connectivity index (χ1v) is 6.63. The van der Waals surface area contributed by atoms with Crippen molar-refractivity contribution in [2.75, 3.05) is 19.0 Å². The molecule has 2 nitrogen and oxygen atoms in total. The van der Waals surface area contributed by atoms with Crippen molar-refractivity contribution in [2.24, 2.45) is 0 Å². The van der Waals surface area contributed by atoms with Gasteiger partial charge in [0, 0.05) is 30.6 Å². The maximum atomic E-state index is 12.5. The second-order valence-electron chi connectivity index (χ2n) is 4.31. The predicted octanol–water partition coefficient (Wildman–Crippen LogP) is 3.54. The maximum absolute atomic E-state index is 12.5. The number of fused-ring (bicyclic) bond motifs is 1. The van der Waals surface area contributed by atoms with E-state index < -0.39 is 6.43 Å². The highest BCUT2D eigenvalue weighted by atomic mass is 35.5. The number of benzene rings is 1. The highest BCUT2D eigenvalue weighted by molar-refractivity contribution is 6.18. The molecule has 2 rings (SSSR count). The van der Waals surface area contributed by atoms with Gasteiger partial charge in [-0.3, -0.25) is 9.88 Å². The van der Waals surface area contributed by atoms with Crippen molar-refractivity contribution in [3.05, 3.63) is 42.1 Å². The summed E-state index contributed by atoms with van der Waals surface area (Å²) < 4.78 is 25.0. The molecule has 2 aromatic rings. The Kier molecular flexibility index (Phi) is 5.05. The van der Waals surface area contributed by atoms with Gasteiger partial charge in [0.25, 0.3) is 6.43 Å². The highest BCUT2D eigenvalue weighted by Crippen LogP contribution is 2.18. The number of pyridine rings is 1. The number of hydrogen-bond acceptors (Lipinski definition) is 2. The van der Waals surface area contributed by atoms with Gasteiger partial charge >= 0.3 is 0 Å². The molecule has 0 aliphatic heterocycles. The van der Waals surface area contributed by atoms with Crippen molar-refractivity contribution in [2.45, 2.75) is 13.0 Å². The Morgan fingerprint density at radius 3 is 2.74 bits per heavy atom. The molecular weight excluding hydrogens is 270 g/mol. The number of nitrogens with zero attached hydrogens (tertiary/aromatic N) is 2. The quantitative estimate of drug-likeness (QED) is 0.754. The number of para-hydroxylation sites is 1. The summed E-state index contributed by atoms with van der Waals surface area (Å²) >= 11 is 5.66. The summed E-state index contributed by atoms with van der Waals surface area (Å²) in [5.41, 5.74) is 1.81. The number of halogens is 3. The van der Waals surface area contributed by atoms with Crippen LogP contribution in [-0.4, -0.2) is 35.3 Å². The van der Waals surface area contributed by atoms with Crippen molar-refractivity contribution < 1.29 is 8.78 Å². The van der Waals surface area contributed by atoms with Gasteiger partial charge in [0.05, 0.1) is 12.1 Å². The second-order valence-corrected chi connectivity index (χ2v) is 4.69. The number of alkyl halides is 3. The zero-order chi connectivity index (χ0) is 13.7. The normalized spacial score (nSPS) is 11.6. The lowest BCUT2D eigenvalue weighted by atomic mass is 10.1. The molecule has 5 heteroatoms. The molecule has 1 heterocycles. The minimum atomic E-state index is -2.36. The lowest BCUT2D eigenvalue weighted by molar-refractivity contribution is 0.0880. The van der Waals surface area contributed by atoms with E-state index in [-0.39, 0.29) is 6.54 Å². The average molecular weight is 285 g/mol. The molecule has 0 amide bonds. The van der Waals surface area contributed by atoms with Crippen LogP contribution in [0.4, 0.5) is 8.78 Å². The first-order chi connectivity index (χ1) is 9.20. The van der Waals surface area contributed by atoms with Crippen molar-refractivity contribution in [1.82, 2.24) is 9.88 Å². The lowest BCUT2D eigenvalue weighted by Gasteiger charge is -2.21. The van der Waals surface area contributed by atoms with Crippen molar-refractivity contribution >= 4 is 22.5 Å². The zero-order valence-corrected chi connectivity index (χ0v) is 11.2. The topological polar surface area (TPSA) is 16.1 Å². The van der Waals surface area contributed by atoms with Crippen LogP contribution in [0.1, 0.15) is 5.56 Å². The summed E-state index contributed by atoms with van der Waals surface area (Å²) in [5.74, 6) is 0.338. The van der Waals surface area contributed by atoms with E-state index in [2.05, 4.69) is 4.98 Å². The van der Waals surface area contributed by atoms with Crippen LogP contribution >= 0.6 is 11.6 Å². The fraction of sp³-hybridized carbons (Fsp3) is 0.357. The highest BCUT2D eigenvalue weighted by Gasteiger charge is 2.13. The Bertz CT molecular complexity index is 528. The fourth-order valence-corrected chi connectivity index (χ4v) is 2.32. The average Bonchev–Trinajstić information content (AvgIpc) is 2.39. The van der Waals surface area contributed by atoms with Gasteiger partial charge in [0.1, 0.15) is 0 Å². The van der Waals surface area contributed by atoms with Gasteiger partial charge in [-0.25, -0.2) is 8.78 Å². The Balaban J connectivity index is 2.23. The van der Waals surface area contributed by atoms with Crippen LogP contribution in [-0.2, 0) is 6.54 Å². The van der Waals surface area contributed by atoms with Crippen molar-refractivity contribution in [3.8, 4) is 0 Å². The summed E-state index contributed by atoms with van der Waals surface area (Å²) in [4.78, 5) is 5.98. The SMILES string of the molecule is FC(F)CN(CCCl)Cc1cccc2cccnc12. The summed E-state index contributed by atoms with van der Waals surface area (Å²) in [5, 5.41) is 1.02. The molecule has 0 saturated carbocycles. The van der Waals surface area contributed by atoms with Crippen molar-refractivity contribution in [1.29, 1.82) is 0 Å². The smallest absolute Gasteiger partial charge is 0.251 e. The third-order valence-corrected chi connectivity index (χ3v) is 3.08. The largest absolute Gasteiger partial charge is 0.292 e. The molecule has 0 bridgehead atoms. The van der Waals surface area contributed by atoms with Crippen LogP contribution in [0.25, 0.3) is 10.9 Å². The molecule has 0 aliphatic rings. The van der Waals surface area contributed by atoms with E-state index in [1.807, 2.05) is 30.3 Å². The van der Waals surface area contributed by atoms with Gasteiger partial charge in [-0.05, 0) is 11.6 Å². The van der Waals surface area contributed by atoms with Crippen LogP contribution < -0.4 is 0 Å². The Morgan fingerprint density at radius 1 is 1.21 bits per heavy atom. The minimum Gasteiger partial charge on any atom is -0.292 e. The van der Waals surface area contributed by atoms with Gasteiger partial charge < -0.3 is 0 Å². The first kappa shape index (κ1) is 14.2. The fourth-order valence-electron chi connectivity index (χ4n) is 2.09. The van der Waals surface area contributed by atoms with Gasteiger partial charge in [-0.2, -0.15) is 0 Å². The van der Waals surface area contributed by atoms with E-state index in [1.54, 1.807) is 11.1 Å². The third-order valence-electron chi connectivity index (χ3n) is 2.91. The lowest BCUT2D eigenvalue weighted by Crippen LogP contribution is -2.30. The standard InChI is InChI=1S/C14H15ClF2N2/c15-6-8-19(10-13(16)17)9-12-4-1-3-11-5-2-7-18-14(11)12/h1-5,7,13H,6,8-10H2. The Morgan fingerprint density at radius 2 is 2.00 bits per heavy atom. The number of rotatable bonds is 6. The maximum Gasteiger partial charge on any atom is 0.251 e. The van der Waals surface area contributed by atoms with Crippen LogP contribution in [0.2, 0.25) is 0 Å². The van der Waals surface area contributed by atoms with Crippen LogP contribution in [0.3, 0.4) is 0 Å². The molecule has 1 aromatic heterocycles. The van der Waals surface area contributed by atoms with Crippen LogP contribution in [0.5, 0.6) is 0 Å². The third kappa shape index (κ3) is 3.85. The first-order valence-electron chi connectivity index (χ1n) is 6.10. The van der Waals surface area contributed by atoms with Crippen LogP contribution in [0, 0.1) is 0 Å². The Hall–Kier alpha value is -1.26. The monoisotopic (exact) mass is 284 g/mol. The van der Waals surface area contributed by atoms with Gasteiger partial charge in [0.2, 0.25) is 0 Å². The van der Waals surface area contributed by atoms with E-state index >= 15 is 0 Å². The summed E-state index contributed by atoms with van der Waals surface area (Å²) in [6, 6.07) is 9.63. The van der Waals surface area contributed by atoms with Crippen LogP contribution in [0.15, 0.2) is 36.5 Å². The molecule has 0 N–H and O–H groups in total. The molecule has 0 atom stereocenters. The van der Waals surface area contributed by atoms with Gasteiger partial charge in [-0.15, -0.1) is 11.6 Å². The number of hydrogen-bond donors (Lipinski definition) is 0. The van der Waals surface area contributed by atoms with Gasteiger partial charge in [-0.1, -0.05) is 24.3 Å². The van der Waals surface area contributed by atoms with Gasteiger partial charge in [0.15, 0.2) is 0 Å². The molecule has 0 saturated heterocycles. The van der Waals surface area contributed by atoms with E-state index in [4.69, 9.17) is 11.6 Å². The van der Waals surface area contributed by atoms with E-state index in [0.717, 1.165) is 16.5 Å². The summed E-state index contributed by atoms with van der Waals surface area (Å²) in [6.07, 6.45) is -0.642. The minimum absolute atomic E-state index is 0.268. The molecular formula is C14H15ClF2N2. The summed E-state index contributed by atoms with van der Waals surface area (Å²) in [7, 11) is 0. The number of aromatic nitrogens is 1. The molecule has 0 unspecified atom stereocenters. The predicted molar refractivity (Wildman–Crippen MR) is 73.7 cm³/mol. The molecule has 1 aromatic carbocycles. The molecule has 0 fully saturated rings. The molecule has 0 aliphatic carbocycles. The zero-order valence-electron chi connectivity index (χ0n) is 10.4. The van der Waals surface area contributed by atoms with Crippen molar-refractivity contribution in [3.63, 3.8) is 0 Å². The van der Waals surface area contributed by atoms with E-state index in [0.29, 0.717) is 19.0 Å². The second kappa shape index (κ2) is 6.78. The molecule has 102 valence electrons. The van der Waals surface area contributed by atoms with E-state index in [1.165, 1.54) is 0 Å². The molecule has 0 spiro atoms. The molecule has 19 heavy (non-hydrogen) atoms. The summed E-state index contributed by atoms with van der Waals surface area (Å²) in [6.45, 7) is 0.608. The Labute approximate surface area is 116 Å². The van der Waals surface area contributed by atoms with E-state index in [9.17, 15) is 8.78 Å².